The molecule has 2 aromatic rings. The fourth-order valence-electron chi connectivity index (χ4n) is 1.86. The number of rotatable bonds is 3. The lowest BCUT2D eigenvalue weighted by Gasteiger charge is -2.21. The minimum absolute atomic E-state index is 0.0584. The van der Waals surface area contributed by atoms with Crippen molar-refractivity contribution in [3.63, 3.8) is 0 Å². The molecule has 0 amide bonds. The van der Waals surface area contributed by atoms with Crippen molar-refractivity contribution < 1.29 is 13.6 Å². The van der Waals surface area contributed by atoms with E-state index in [4.69, 9.17) is 5.26 Å². The first-order valence-electron chi connectivity index (χ1n) is 5.75. The smallest absolute Gasteiger partial charge is 0.150 e. The number of carbonyl (C=O) groups excluding carboxylic acids is 1. The Labute approximate surface area is 114 Å². The Morgan fingerprint density at radius 3 is 2.15 bits per heavy atom. The Morgan fingerprint density at radius 1 is 1.15 bits per heavy atom. The summed E-state index contributed by atoms with van der Waals surface area (Å²) in [5, 5.41) is 8.71. The maximum absolute atomic E-state index is 13.9. The van der Waals surface area contributed by atoms with Gasteiger partial charge < -0.3 is 4.90 Å². The number of carbonyl (C=O) groups is 1. The van der Waals surface area contributed by atoms with E-state index in [0.717, 1.165) is 12.1 Å². The molecule has 0 aliphatic heterocycles. The van der Waals surface area contributed by atoms with Crippen molar-refractivity contribution in [3.8, 4) is 6.07 Å². The third kappa shape index (κ3) is 2.50. The Balaban J connectivity index is 2.45. The summed E-state index contributed by atoms with van der Waals surface area (Å²) in [5.74, 6) is -1.64. The van der Waals surface area contributed by atoms with Crippen molar-refractivity contribution in [2.24, 2.45) is 0 Å². The van der Waals surface area contributed by atoms with Crippen LogP contribution in [0.4, 0.5) is 20.2 Å². The molecular weight excluding hydrogens is 262 g/mol. The monoisotopic (exact) mass is 272 g/mol. The van der Waals surface area contributed by atoms with Crippen LogP contribution in [0.1, 0.15) is 15.9 Å². The molecule has 2 aromatic carbocycles. The summed E-state index contributed by atoms with van der Waals surface area (Å²) < 4.78 is 27.8. The largest absolute Gasteiger partial charge is 0.340 e. The van der Waals surface area contributed by atoms with Crippen molar-refractivity contribution in [1.29, 1.82) is 5.26 Å². The molecular formula is C15H10F2N2O. The average Bonchev–Trinajstić information content (AvgIpc) is 2.46. The van der Waals surface area contributed by atoms with Crippen LogP contribution in [0.3, 0.4) is 0 Å². The molecule has 0 unspecified atom stereocenters. The van der Waals surface area contributed by atoms with Gasteiger partial charge in [-0.25, -0.2) is 8.78 Å². The van der Waals surface area contributed by atoms with E-state index in [9.17, 15) is 13.6 Å². The Morgan fingerprint density at radius 2 is 1.70 bits per heavy atom. The van der Waals surface area contributed by atoms with E-state index in [-0.39, 0.29) is 11.3 Å². The molecule has 0 aliphatic carbocycles. The molecule has 0 aliphatic rings. The van der Waals surface area contributed by atoms with Gasteiger partial charge in [-0.2, -0.15) is 5.26 Å². The highest BCUT2D eigenvalue weighted by atomic mass is 19.1. The van der Waals surface area contributed by atoms with Gasteiger partial charge in [0.25, 0.3) is 0 Å². The number of halogens is 2. The summed E-state index contributed by atoms with van der Waals surface area (Å²) >= 11 is 0. The number of nitriles is 1. The quantitative estimate of drug-likeness (QED) is 0.804. The number of benzene rings is 2. The van der Waals surface area contributed by atoms with Gasteiger partial charge >= 0.3 is 0 Å². The maximum Gasteiger partial charge on any atom is 0.150 e. The zero-order valence-corrected chi connectivity index (χ0v) is 10.6. The second kappa shape index (κ2) is 5.49. The first-order valence-corrected chi connectivity index (χ1v) is 5.75. The zero-order valence-electron chi connectivity index (χ0n) is 10.6. The SMILES string of the molecule is CN(c1ccc(C#N)cc1)c1c(F)cc(C=O)cc1F. The first kappa shape index (κ1) is 13.7. The second-order valence-corrected chi connectivity index (χ2v) is 4.17. The first-order chi connectivity index (χ1) is 9.56. The van der Waals surface area contributed by atoms with Crippen LogP contribution in [-0.4, -0.2) is 13.3 Å². The van der Waals surface area contributed by atoms with E-state index in [2.05, 4.69) is 0 Å². The molecule has 0 radical (unpaired) electrons. The third-order valence-corrected chi connectivity index (χ3v) is 2.89. The van der Waals surface area contributed by atoms with Crippen molar-refractivity contribution in [1.82, 2.24) is 0 Å². The van der Waals surface area contributed by atoms with Crippen LogP contribution in [0, 0.1) is 23.0 Å². The van der Waals surface area contributed by atoms with E-state index < -0.39 is 11.6 Å². The highest BCUT2D eigenvalue weighted by Crippen LogP contribution is 2.29. The van der Waals surface area contributed by atoms with Crippen LogP contribution in [-0.2, 0) is 0 Å². The van der Waals surface area contributed by atoms with Gasteiger partial charge in [-0.05, 0) is 36.4 Å². The van der Waals surface area contributed by atoms with Crippen molar-refractivity contribution in [2.75, 3.05) is 11.9 Å². The molecule has 0 spiro atoms. The number of anilines is 2. The highest BCUT2D eigenvalue weighted by molar-refractivity contribution is 5.77. The maximum atomic E-state index is 13.9. The molecule has 100 valence electrons. The normalized spacial score (nSPS) is 9.90. The lowest BCUT2D eigenvalue weighted by atomic mass is 10.1. The highest BCUT2D eigenvalue weighted by Gasteiger charge is 2.16. The molecule has 0 heterocycles. The Bertz CT molecular complexity index is 667. The lowest BCUT2D eigenvalue weighted by Crippen LogP contribution is -2.13. The third-order valence-electron chi connectivity index (χ3n) is 2.89. The molecule has 3 nitrogen and oxygen atoms in total. The fraction of sp³-hybridized carbons (Fsp3) is 0.0667. The van der Waals surface area contributed by atoms with Gasteiger partial charge in [0.2, 0.25) is 0 Å². The molecule has 2 rings (SSSR count). The van der Waals surface area contributed by atoms with Crippen LogP contribution in [0.15, 0.2) is 36.4 Å². The fourth-order valence-corrected chi connectivity index (χ4v) is 1.86. The van der Waals surface area contributed by atoms with Gasteiger partial charge in [0, 0.05) is 18.3 Å². The van der Waals surface area contributed by atoms with E-state index in [1.54, 1.807) is 24.3 Å². The summed E-state index contributed by atoms with van der Waals surface area (Å²) in [5.41, 5.74) is 0.678. The Kier molecular flexibility index (Phi) is 3.76. The minimum Gasteiger partial charge on any atom is -0.340 e. The molecule has 20 heavy (non-hydrogen) atoms. The number of hydrogen-bond donors (Lipinski definition) is 0. The summed E-state index contributed by atoms with van der Waals surface area (Å²) in [6.45, 7) is 0. The Hall–Kier alpha value is -2.74. The van der Waals surface area contributed by atoms with Crippen molar-refractivity contribution in [2.45, 2.75) is 0 Å². The number of hydrogen-bond acceptors (Lipinski definition) is 3. The lowest BCUT2D eigenvalue weighted by molar-refractivity contribution is 0.112. The van der Waals surface area contributed by atoms with E-state index in [1.165, 1.54) is 11.9 Å². The average molecular weight is 272 g/mol. The van der Waals surface area contributed by atoms with Gasteiger partial charge in [-0.15, -0.1) is 0 Å². The van der Waals surface area contributed by atoms with Crippen LogP contribution < -0.4 is 4.90 Å². The second-order valence-electron chi connectivity index (χ2n) is 4.17. The van der Waals surface area contributed by atoms with Gasteiger partial charge in [0.1, 0.15) is 12.0 Å². The van der Waals surface area contributed by atoms with Crippen molar-refractivity contribution >= 4 is 17.7 Å². The summed E-state index contributed by atoms with van der Waals surface area (Å²) in [4.78, 5) is 11.9. The summed E-state index contributed by atoms with van der Waals surface area (Å²) in [6.07, 6.45) is 0.387. The van der Waals surface area contributed by atoms with Crippen LogP contribution in [0.2, 0.25) is 0 Å². The minimum atomic E-state index is -0.820. The molecule has 0 bridgehead atoms. The molecule has 0 fully saturated rings. The van der Waals surface area contributed by atoms with E-state index >= 15 is 0 Å². The number of nitrogens with zero attached hydrogens (tertiary/aromatic N) is 2. The molecule has 0 aromatic heterocycles. The predicted octanol–water partition coefficient (Wildman–Crippen LogP) is 3.42. The van der Waals surface area contributed by atoms with Crippen LogP contribution in [0.25, 0.3) is 0 Å². The molecule has 0 saturated carbocycles. The van der Waals surface area contributed by atoms with Gasteiger partial charge in [-0.3, -0.25) is 4.79 Å². The van der Waals surface area contributed by atoms with Gasteiger partial charge in [-0.1, -0.05) is 0 Å². The van der Waals surface area contributed by atoms with Crippen LogP contribution >= 0.6 is 0 Å². The summed E-state index contributed by atoms with van der Waals surface area (Å²) in [7, 11) is 1.50. The molecule has 0 atom stereocenters. The van der Waals surface area contributed by atoms with Gasteiger partial charge in [0.05, 0.1) is 11.6 Å². The van der Waals surface area contributed by atoms with E-state index in [0.29, 0.717) is 17.5 Å². The van der Waals surface area contributed by atoms with Crippen molar-refractivity contribution in [3.05, 3.63) is 59.2 Å². The zero-order chi connectivity index (χ0) is 14.7. The molecule has 0 N–H and O–H groups in total. The van der Waals surface area contributed by atoms with E-state index in [1.807, 2.05) is 6.07 Å². The van der Waals surface area contributed by atoms with Gasteiger partial charge in [0.15, 0.2) is 11.6 Å². The predicted molar refractivity (Wildman–Crippen MR) is 71.0 cm³/mol. The van der Waals surface area contributed by atoms with Crippen LogP contribution in [0.5, 0.6) is 0 Å². The number of aldehydes is 1. The summed E-state index contributed by atoms with van der Waals surface area (Å²) in [6, 6.07) is 10.2. The topological polar surface area (TPSA) is 44.1 Å². The molecule has 0 saturated heterocycles. The standard InChI is InChI=1S/C15H10F2N2O/c1-19(12-4-2-10(8-18)3-5-12)15-13(16)6-11(9-20)7-14(15)17/h2-7,9H,1H3. The molecule has 5 heteroatoms.